The van der Waals surface area contributed by atoms with Crippen molar-refractivity contribution in [1.82, 2.24) is 4.90 Å². The average Bonchev–Trinajstić information content (AvgIpc) is 3.28. The monoisotopic (exact) mass is 264 g/mol. The van der Waals surface area contributed by atoms with Gasteiger partial charge in [0.05, 0.1) is 19.8 Å². The van der Waals surface area contributed by atoms with Crippen molar-refractivity contribution in [3.8, 4) is 5.75 Å². The number of benzene rings is 1. The molecule has 4 heteroatoms. The summed E-state index contributed by atoms with van der Waals surface area (Å²) in [5.74, 6) is 0.918. The van der Waals surface area contributed by atoms with Crippen LogP contribution in [0.15, 0.2) is 24.3 Å². The molecule has 1 aliphatic carbocycles. The second kappa shape index (κ2) is 6.89. The number of ether oxygens (including phenoxy) is 2. The molecule has 2 N–H and O–H groups in total. The summed E-state index contributed by atoms with van der Waals surface area (Å²) in [5, 5.41) is 0. The van der Waals surface area contributed by atoms with Gasteiger partial charge in [-0.3, -0.25) is 4.90 Å². The summed E-state index contributed by atoms with van der Waals surface area (Å²) in [6, 6.07) is 9.00. The van der Waals surface area contributed by atoms with Crippen molar-refractivity contribution < 1.29 is 9.47 Å². The fourth-order valence-corrected chi connectivity index (χ4v) is 2.58. The summed E-state index contributed by atoms with van der Waals surface area (Å²) < 4.78 is 10.7. The van der Waals surface area contributed by atoms with Gasteiger partial charge < -0.3 is 15.2 Å². The average molecular weight is 264 g/mol. The fourth-order valence-electron chi connectivity index (χ4n) is 2.58. The van der Waals surface area contributed by atoms with E-state index in [1.165, 1.54) is 18.4 Å². The van der Waals surface area contributed by atoms with E-state index in [1.807, 2.05) is 18.2 Å². The maximum Gasteiger partial charge on any atom is 0.123 e. The summed E-state index contributed by atoms with van der Waals surface area (Å²) >= 11 is 0. The summed E-state index contributed by atoms with van der Waals surface area (Å²) in [6.07, 6.45) is 2.52. The molecular formula is C15H24N2O2. The Bertz CT molecular complexity index is 393. The Balaban J connectivity index is 2.20. The molecule has 0 saturated heterocycles. The van der Waals surface area contributed by atoms with Gasteiger partial charge in [-0.05, 0) is 18.9 Å². The van der Waals surface area contributed by atoms with Crippen molar-refractivity contribution in [2.75, 3.05) is 33.9 Å². The maximum atomic E-state index is 6.03. The molecule has 19 heavy (non-hydrogen) atoms. The van der Waals surface area contributed by atoms with Crippen LogP contribution in [0, 0.1) is 0 Å². The number of rotatable bonds is 8. The SMILES string of the molecule is COCCN(C1CC1)C(CN)c1ccccc1OC. The van der Waals surface area contributed by atoms with Crippen molar-refractivity contribution in [3.05, 3.63) is 29.8 Å². The van der Waals surface area contributed by atoms with Crippen LogP contribution in [-0.2, 0) is 4.74 Å². The second-order valence-corrected chi connectivity index (χ2v) is 4.96. The van der Waals surface area contributed by atoms with Crippen LogP contribution in [0.2, 0.25) is 0 Å². The Kier molecular flexibility index (Phi) is 5.19. The lowest BCUT2D eigenvalue weighted by molar-refractivity contribution is 0.114. The van der Waals surface area contributed by atoms with E-state index in [4.69, 9.17) is 15.2 Å². The predicted molar refractivity (Wildman–Crippen MR) is 76.4 cm³/mol. The maximum absolute atomic E-state index is 6.03. The first kappa shape index (κ1) is 14.3. The summed E-state index contributed by atoms with van der Waals surface area (Å²) in [7, 11) is 3.45. The fraction of sp³-hybridized carbons (Fsp3) is 0.600. The van der Waals surface area contributed by atoms with Crippen LogP contribution in [0.25, 0.3) is 0 Å². The van der Waals surface area contributed by atoms with E-state index in [9.17, 15) is 0 Å². The highest BCUT2D eigenvalue weighted by molar-refractivity contribution is 5.36. The molecule has 1 atom stereocenters. The number of hydrogen-bond donors (Lipinski definition) is 1. The second-order valence-electron chi connectivity index (χ2n) is 4.96. The lowest BCUT2D eigenvalue weighted by Crippen LogP contribution is -2.37. The first-order chi connectivity index (χ1) is 9.31. The molecule has 0 spiro atoms. The first-order valence-electron chi connectivity index (χ1n) is 6.89. The zero-order chi connectivity index (χ0) is 13.7. The third-order valence-electron chi connectivity index (χ3n) is 3.69. The van der Waals surface area contributed by atoms with Gasteiger partial charge >= 0.3 is 0 Å². The third kappa shape index (κ3) is 3.47. The van der Waals surface area contributed by atoms with E-state index in [0.29, 0.717) is 12.6 Å². The van der Waals surface area contributed by atoms with Crippen LogP contribution in [0.5, 0.6) is 5.75 Å². The number of para-hydroxylation sites is 1. The molecule has 0 amide bonds. The quantitative estimate of drug-likeness (QED) is 0.778. The molecule has 1 fully saturated rings. The molecule has 1 unspecified atom stereocenters. The molecule has 0 heterocycles. The van der Waals surface area contributed by atoms with Crippen molar-refractivity contribution in [2.45, 2.75) is 24.9 Å². The van der Waals surface area contributed by atoms with E-state index in [0.717, 1.165) is 18.9 Å². The van der Waals surface area contributed by atoms with Gasteiger partial charge in [-0.2, -0.15) is 0 Å². The Morgan fingerprint density at radius 1 is 1.32 bits per heavy atom. The molecule has 1 aromatic carbocycles. The van der Waals surface area contributed by atoms with Gasteiger partial charge in [-0.1, -0.05) is 18.2 Å². The molecule has 0 aliphatic heterocycles. The van der Waals surface area contributed by atoms with Crippen molar-refractivity contribution in [3.63, 3.8) is 0 Å². The summed E-state index contributed by atoms with van der Waals surface area (Å²) in [6.45, 7) is 2.25. The van der Waals surface area contributed by atoms with Crippen LogP contribution >= 0.6 is 0 Å². The van der Waals surface area contributed by atoms with Gasteiger partial charge in [0.2, 0.25) is 0 Å². The number of hydrogen-bond acceptors (Lipinski definition) is 4. The number of methoxy groups -OCH3 is 2. The molecular weight excluding hydrogens is 240 g/mol. The Morgan fingerprint density at radius 2 is 2.05 bits per heavy atom. The minimum atomic E-state index is 0.207. The summed E-state index contributed by atoms with van der Waals surface area (Å²) in [5.41, 5.74) is 7.20. The highest BCUT2D eigenvalue weighted by atomic mass is 16.5. The van der Waals surface area contributed by atoms with E-state index in [-0.39, 0.29) is 6.04 Å². The third-order valence-corrected chi connectivity index (χ3v) is 3.69. The van der Waals surface area contributed by atoms with Gasteiger partial charge in [0.1, 0.15) is 5.75 Å². The lowest BCUT2D eigenvalue weighted by atomic mass is 10.0. The zero-order valence-corrected chi connectivity index (χ0v) is 11.8. The van der Waals surface area contributed by atoms with Crippen LogP contribution < -0.4 is 10.5 Å². The van der Waals surface area contributed by atoms with Crippen LogP contribution in [-0.4, -0.2) is 44.9 Å². The smallest absolute Gasteiger partial charge is 0.123 e. The standard InChI is InChI=1S/C15H24N2O2/c1-18-10-9-17(12-7-8-12)14(11-16)13-5-3-4-6-15(13)19-2/h3-6,12,14H,7-11,16H2,1-2H3. The Morgan fingerprint density at radius 3 is 2.63 bits per heavy atom. The van der Waals surface area contributed by atoms with E-state index in [1.54, 1.807) is 14.2 Å². The van der Waals surface area contributed by atoms with Crippen LogP contribution in [0.4, 0.5) is 0 Å². The largest absolute Gasteiger partial charge is 0.496 e. The molecule has 0 radical (unpaired) electrons. The lowest BCUT2D eigenvalue weighted by Gasteiger charge is -2.32. The molecule has 106 valence electrons. The van der Waals surface area contributed by atoms with Crippen LogP contribution in [0.1, 0.15) is 24.4 Å². The highest BCUT2D eigenvalue weighted by Gasteiger charge is 2.34. The van der Waals surface area contributed by atoms with Gasteiger partial charge in [0.25, 0.3) is 0 Å². The van der Waals surface area contributed by atoms with Crippen molar-refractivity contribution >= 4 is 0 Å². The van der Waals surface area contributed by atoms with Crippen LogP contribution in [0.3, 0.4) is 0 Å². The highest BCUT2D eigenvalue weighted by Crippen LogP contribution is 2.36. The minimum absolute atomic E-state index is 0.207. The summed E-state index contributed by atoms with van der Waals surface area (Å²) in [4.78, 5) is 2.46. The van der Waals surface area contributed by atoms with E-state index < -0.39 is 0 Å². The number of nitrogens with two attached hydrogens (primary N) is 1. The van der Waals surface area contributed by atoms with Gasteiger partial charge in [-0.25, -0.2) is 0 Å². The number of nitrogens with zero attached hydrogens (tertiary/aromatic N) is 1. The molecule has 1 aliphatic rings. The normalized spacial score (nSPS) is 16.6. The Hall–Kier alpha value is -1.10. The molecule has 4 nitrogen and oxygen atoms in total. The molecule has 0 bridgehead atoms. The zero-order valence-electron chi connectivity index (χ0n) is 11.8. The minimum Gasteiger partial charge on any atom is -0.496 e. The predicted octanol–water partition coefficient (Wildman–Crippen LogP) is 1.81. The molecule has 0 aromatic heterocycles. The van der Waals surface area contributed by atoms with Crippen molar-refractivity contribution in [2.24, 2.45) is 5.73 Å². The van der Waals surface area contributed by atoms with Gasteiger partial charge in [-0.15, -0.1) is 0 Å². The molecule has 1 aromatic rings. The topological polar surface area (TPSA) is 47.7 Å². The molecule has 1 saturated carbocycles. The molecule has 2 rings (SSSR count). The van der Waals surface area contributed by atoms with Gasteiger partial charge in [0, 0.05) is 31.8 Å². The van der Waals surface area contributed by atoms with Gasteiger partial charge in [0.15, 0.2) is 0 Å². The van der Waals surface area contributed by atoms with E-state index in [2.05, 4.69) is 11.0 Å². The van der Waals surface area contributed by atoms with E-state index >= 15 is 0 Å². The first-order valence-corrected chi connectivity index (χ1v) is 6.89. The van der Waals surface area contributed by atoms with Crippen molar-refractivity contribution in [1.29, 1.82) is 0 Å². The Labute approximate surface area is 115 Å².